The summed E-state index contributed by atoms with van der Waals surface area (Å²) in [5.41, 5.74) is -0.230. The standard InChI is InChI=1S/C19H18ClN3O7S/c20-16-3-1-13(23(25)26)11-15(16)19(24)21-5-7-22(8-6-21)31(27,28)14-2-4-17-18(12-14)30-10-9-29-17/h1-4,11-12H,5-10H2. The molecular formula is C19H18ClN3O7S. The van der Waals surface area contributed by atoms with E-state index in [-0.39, 0.29) is 47.3 Å². The van der Waals surface area contributed by atoms with Crippen LogP contribution in [0.15, 0.2) is 41.3 Å². The molecule has 0 aliphatic carbocycles. The number of hydrogen-bond donors (Lipinski definition) is 0. The van der Waals surface area contributed by atoms with Crippen LogP contribution in [0.2, 0.25) is 5.02 Å². The minimum atomic E-state index is -3.79. The van der Waals surface area contributed by atoms with E-state index in [1.807, 2.05) is 0 Å². The number of amides is 1. The van der Waals surface area contributed by atoms with Gasteiger partial charge in [-0.25, -0.2) is 8.42 Å². The normalized spacial score (nSPS) is 16.7. The van der Waals surface area contributed by atoms with Crippen LogP contribution >= 0.6 is 11.6 Å². The molecule has 12 heteroatoms. The number of nitro benzene ring substituents is 1. The SMILES string of the molecule is O=C(c1cc([N+](=O)[O-])ccc1Cl)N1CCN(S(=O)(=O)c2ccc3c(c2)OCCO3)CC1. The van der Waals surface area contributed by atoms with Gasteiger partial charge in [0.1, 0.15) is 13.2 Å². The van der Waals surface area contributed by atoms with Gasteiger partial charge in [-0.05, 0) is 18.2 Å². The summed E-state index contributed by atoms with van der Waals surface area (Å²) in [5, 5.41) is 11.1. The van der Waals surface area contributed by atoms with Gasteiger partial charge in [0.15, 0.2) is 11.5 Å². The number of carbonyl (C=O) groups excluding carboxylic acids is 1. The second kappa shape index (κ2) is 8.33. The van der Waals surface area contributed by atoms with Crippen LogP contribution in [0.3, 0.4) is 0 Å². The molecule has 1 amide bonds. The number of sulfonamides is 1. The van der Waals surface area contributed by atoms with Crippen molar-refractivity contribution in [3.05, 3.63) is 57.1 Å². The summed E-state index contributed by atoms with van der Waals surface area (Å²) in [5.74, 6) is 0.390. The van der Waals surface area contributed by atoms with Crippen LogP contribution in [0.25, 0.3) is 0 Å². The summed E-state index contributed by atoms with van der Waals surface area (Å²) in [6.07, 6.45) is 0. The van der Waals surface area contributed by atoms with Crippen LogP contribution in [-0.4, -0.2) is 67.8 Å². The molecule has 2 aromatic carbocycles. The van der Waals surface area contributed by atoms with E-state index in [0.717, 1.165) is 6.07 Å². The molecule has 0 bridgehead atoms. The van der Waals surface area contributed by atoms with Gasteiger partial charge in [0.05, 0.1) is 20.4 Å². The van der Waals surface area contributed by atoms with Crippen LogP contribution in [0.4, 0.5) is 5.69 Å². The first-order valence-electron chi connectivity index (χ1n) is 9.40. The molecule has 1 fully saturated rings. The molecule has 0 atom stereocenters. The topological polar surface area (TPSA) is 119 Å². The number of carbonyl (C=O) groups is 1. The van der Waals surface area contributed by atoms with E-state index in [2.05, 4.69) is 0 Å². The summed E-state index contributed by atoms with van der Waals surface area (Å²) in [4.78, 5) is 24.7. The first-order valence-corrected chi connectivity index (χ1v) is 11.2. The number of non-ortho nitro benzene ring substituents is 1. The molecule has 0 radical (unpaired) electrons. The van der Waals surface area contributed by atoms with Crippen molar-refractivity contribution in [1.82, 2.24) is 9.21 Å². The van der Waals surface area contributed by atoms with E-state index in [4.69, 9.17) is 21.1 Å². The third kappa shape index (κ3) is 4.16. The maximum atomic E-state index is 13.0. The van der Waals surface area contributed by atoms with Crippen LogP contribution in [0.1, 0.15) is 10.4 Å². The van der Waals surface area contributed by atoms with Gasteiger partial charge in [0.25, 0.3) is 11.6 Å². The molecule has 0 spiro atoms. The van der Waals surface area contributed by atoms with Crippen LogP contribution in [0.5, 0.6) is 11.5 Å². The summed E-state index contributed by atoms with van der Waals surface area (Å²) >= 11 is 6.06. The lowest BCUT2D eigenvalue weighted by Crippen LogP contribution is -2.50. The smallest absolute Gasteiger partial charge is 0.270 e. The number of nitrogens with zero attached hydrogens (tertiary/aromatic N) is 3. The van der Waals surface area contributed by atoms with E-state index in [9.17, 15) is 23.3 Å². The summed E-state index contributed by atoms with van der Waals surface area (Å²) in [6.45, 7) is 1.16. The highest BCUT2D eigenvalue weighted by Crippen LogP contribution is 2.33. The Kier molecular flexibility index (Phi) is 5.73. The average Bonchev–Trinajstić information content (AvgIpc) is 2.78. The lowest BCUT2D eigenvalue weighted by molar-refractivity contribution is -0.384. The van der Waals surface area contributed by atoms with Crippen molar-refractivity contribution in [2.45, 2.75) is 4.90 Å². The van der Waals surface area contributed by atoms with E-state index in [1.54, 1.807) is 6.07 Å². The average molecular weight is 468 g/mol. The molecule has 0 saturated carbocycles. The molecule has 0 N–H and O–H groups in total. The minimum absolute atomic E-state index is 0.0130. The second-order valence-corrected chi connectivity index (χ2v) is 9.27. The summed E-state index contributed by atoms with van der Waals surface area (Å²) in [7, 11) is -3.79. The Bertz CT molecular complexity index is 1150. The molecule has 2 heterocycles. The summed E-state index contributed by atoms with van der Waals surface area (Å²) < 4.78 is 38.2. The molecule has 0 unspecified atom stereocenters. The minimum Gasteiger partial charge on any atom is -0.486 e. The summed E-state index contributed by atoms with van der Waals surface area (Å²) in [6, 6.07) is 8.11. The second-order valence-electron chi connectivity index (χ2n) is 6.92. The molecular weight excluding hydrogens is 450 g/mol. The highest BCUT2D eigenvalue weighted by Gasteiger charge is 2.32. The van der Waals surface area contributed by atoms with Gasteiger partial charge in [0.2, 0.25) is 10.0 Å². The number of ether oxygens (including phenoxy) is 2. The number of halogens is 1. The first kappa shape index (κ1) is 21.3. The quantitative estimate of drug-likeness (QED) is 0.499. The monoisotopic (exact) mass is 467 g/mol. The maximum absolute atomic E-state index is 13.0. The lowest BCUT2D eigenvalue weighted by atomic mass is 10.1. The third-order valence-corrected chi connectivity index (χ3v) is 7.29. The van der Waals surface area contributed by atoms with Gasteiger partial charge in [-0.15, -0.1) is 0 Å². The number of rotatable bonds is 4. The fraction of sp³-hybridized carbons (Fsp3) is 0.316. The van der Waals surface area contributed by atoms with Crippen LogP contribution in [0, 0.1) is 10.1 Å². The Balaban J connectivity index is 1.48. The van der Waals surface area contributed by atoms with Gasteiger partial charge in [-0.1, -0.05) is 11.6 Å². The van der Waals surface area contributed by atoms with Crippen molar-refractivity contribution in [3.8, 4) is 11.5 Å². The molecule has 0 aromatic heterocycles. The van der Waals surface area contributed by atoms with Crippen molar-refractivity contribution in [3.63, 3.8) is 0 Å². The van der Waals surface area contributed by atoms with Gasteiger partial charge in [-0.3, -0.25) is 14.9 Å². The molecule has 164 valence electrons. The zero-order chi connectivity index (χ0) is 22.2. The number of benzene rings is 2. The van der Waals surface area contributed by atoms with Crippen molar-refractivity contribution < 1.29 is 27.6 Å². The van der Waals surface area contributed by atoms with Crippen molar-refractivity contribution in [2.75, 3.05) is 39.4 Å². The van der Waals surface area contributed by atoms with Crippen molar-refractivity contribution in [1.29, 1.82) is 0 Å². The van der Waals surface area contributed by atoms with Gasteiger partial charge < -0.3 is 14.4 Å². The number of piperazine rings is 1. The molecule has 10 nitrogen and oxygen atoms in total. The Morgan fingerprint density at radius 3 is 2.35 bits per heavy atom. The van der Waals surface area contributed by atoms with Gasteiger partial charge in [0, 0.05) is 44.4 Å². The molecule has 2 aliphatic heterocycles. The van der Waals surface area contributed by atoms with E-state index in [1.165, 1.54) is 33.5 Å². The van der Waals surface area contributed by atoms with Gasteiger partial charge >= 0.3 is 0 Å². The Morgan fingerprint density at radius 2 is 1.68 bits per heavy atom. The Labute approximate surface area is 183 Å². The van der Waals surface area contributed by atoms with Crippen molar-refractivity contribution >= 4 is 33.2 Å². The highest BCUT2D eigenvalue weighted by atomic mass is 35.5. The predicted molar refractivity (Wildman–Crippen MR) is 110 cm³/mol. The van der Waals surface area contributed by atoms with Crippen LogP contribution < -0.4 is 9.47 Å². The Hall–Kier alpha value is -2.89. The fourth-order valence-corrected chi connectivity index (χ4v) is 5.06. The first-order chi connectivity index (χ1) is 14.8. The van der Waals surface area contributed by atoms with Crippen molar-refractivity contribution in [2.24, 2.45) is 0 Å². The maximum Gasteiger partial charge on any atom is 0.270 e. The van der Waals surface area contributed by atoms with Gasteiger partial charge in [-0.2, -0.15) is 4.31 Å². The predicted octanol–water partition coefficient (Wildman–Crippen LogP) is 2.17. The van der Waals surface area contributed by atoms with E-state index < -0.39 is 20.9 Å². The van der Waals surface area contributed by atoms with Crippen LogP contribution in [-0.2, 0) is 10.0 Å². The zero-order valence-corrected chi connectivity index (χ0v) is 17.8. The number of fused-ring (bicyclic) bond motifs is 1. The largest absolute Gasteiger partial charge is 0.486 e. The third-order valence-electron chi connectivity index (χ3n) is 5.07. The van der Waals surface area contributed by atoms with E-state index >= 15 is 0 Å². The molecule has 31 heavy (non-hydrogen) atoms. The highest BCUT2D eigenvalue weighted by molar-refractivity contribution is 7.89. The van der Waals surface area contributed by atoms with E-state index in [0.29, 0.717) is 24.7 Å². The number of hydrogen-bond acceptors (Lipinski definition) is 7. The Morgan fingerprint density at radius 1 is 1.00 bits per heavy atom. The molecule has 1 saturated heterocycles. The lowest BCUT2D eigenvalue weighted by Gasteiger charge is -2.34. The zero-order valence-electron chi connectivity index (χ0n) is 16.2. The molecule has 4 rings (SSSR count). The number of nitro groups is 1. The molecule has 2 aromatic rings. The molecule has 2 aliphatic rings. The fourth-order valence-electron chi connectivity index (χ4n) is 3.43.